The van der Waals surface area contributed by atoms with Gasteiger partial charge < -0.3 is 5.32 Å². The Kier molecular flexibility index (Phi) is 3.67. The highest BCUT2D eigenvalue weighted by atomic mass is 16.2. The molecule has 0 fully saturated rings. The Morgan fingerprint density at radius 3 is 2.50 bits per heavy atom. The van der Waals surface area contributed by atoms with Gasteiger partial charge in [-0.2, -0.15) is 0 Å². The number of rotatable bonds is 3. The van der Waals surface area contributed by atoms with Gasteiger partial charge in [-0.15, -0.1) is 5.10 Å². The van der Waals surface area contributed by atoms with Crippen molar-refractivity contribution >= 4 is 5.91 Å². The van der Waals surface area contributed by atoms with Gasteiger partial charge in [0.1, 0.15) is 5.82 Å². The first-order valence-corrected chi connectivity index (χ1v) is 5.50. The second-order valence-electron chi connectivity index (χ2n) is 5.44. The summed E-state index contributed by atoms with van der Waals surface area (Å²) in [6.07, 6.45) is 0. The molecule has 5 nitrogen and oxygen atoms in total. The van der Waals surface area contributed by atoms with E-state index < -0.39 is 0 Å². The molecule has 0 atom stereocenters. The molecule has 1 rings (SSSR count). The molecule has 1 amide bonds. The zero-order chi connectivity index (χ0) is 12.3. The molecule has 0 aromatic carbocycles. The van der Waals surface area contributed by atoms with Crippen molar-refractivity contribution in [3.63, 3.8) is 0 Å². The van der Waals surface area contributed by atoms with Crippen molar-refractivity contribution in [2.24, 2.45) is 5.41 Å². The monoisotopic (exact) mass is 224 g/mol. The summed E-state index contributed by atoms with van der Waals surface area (Å²) in [6, 6.07) is 0. The molecular formula is C11H20N4O. The van der Waals surface area contributed by atoms with Crippen molar-refractivity contribution in [1.29, 1.82) is 0 Å². The minimum atomic E-state index is -0.224. The van der Waals surface area contributed by atoms with Crippen molar-refractivity contribution in [2.75, 3.05) is 6.54 Å². The smallest absolute Gasteiger partial charge is 0.290 e. The van der Waals surface area contributed by atoms with Gasteiger partial charge >= 0.3 is 0 Å². The van der Waals surface area contributed by atoms with Gasteiger partial charge in [-0.05, 0) is 5.41 Å². The standard InChI is InChI=1S/C11H20N4O/c1-7(2)8-13-9(15-14-8)10(16)12-6-11(3,4)5/h7H,6H2,1-5H3,(H,12,16)(H,13,14,15). The van der Waals surface area contributed by atoms with Crippen molar-refractivity contribution in [3.05, 3.63) is 11.6 Å². The van der Waals surface area contributed by atoms with Crippen LogP contribution in [0.3, 0.4) is 0 Å². The van der Waals surface area contributed by atoms with E-state index in [0.29, 0.717) is 6.54 Å². The molecule has 0 spiro atoms. The number of hydrogen-bond donors (Lipinski definition) is 2. The van der Waals surface area contributed by atoms with Gasteiger partial charge in [0, 0.05) is 12.5 Å². The number of carbonyl (C=O) groups excluding carboxylic acids is 1. The number of aromatic nitrogens is 3. The lowest BCUT2D eigenvalue weighted by molar-refractivity contribution is 0.0929. The van der Waals surface area contributed by atoms with Crippen molar-refractivity contribution < 1.29 is 4.79 Å². The topological polar surface area (TPSA) is 70.7 Å². The number of H-pyrrole nitrogens is 1. The van der Waals surface area contributed by atoms with Gasteiger partial charge in [0.15, 0.2) is 0 Å². The van der Waals surface area contributed by atoms with Crippen LogP contribution in [0.4, 0.5) is 0 Å². The van der Waals surface area contributed by atoms with Crippen LogP contribution < -0.4 is 5.32 Å². The van der Waals surface area contributed by atoms with Gasteiger partial charge in [-0.25, -0.2) is 4.98 Å². The van der Waals surface area contributed by atoms with Crippen LogP contribution in [-0.4, -0.2) is 27.6 Å². The molecule has 0 saturated carbocycles. The molecule has 0 unspecified atom stereocenters. The van der Waals surface area contributed by atoms with Gasteiger partial charge in [0.05, 0.1) is 0 Å². The van der Waals surface area contributed by atoms with Crippen LogP contribution in [0.5, 0.6) is 0 Å². The van der Waals surface area contributed by atoms with E-state index in [9.17, 15) is 4.79 Å². The summed E-state index contributed by atoms with van der Waals surface area (Å²) >= 11 is 0. The lowest BCUT2D eigenvalue weighted by Crippen LogP contribution is -2.32. The quantitative estimate of drug-likeness (QED) is 0.821. The zero-order valence-electron chi connectivity index (χ0n) is 10.6. The Balaban J connectivity index is 2.60. The molecule has 2 N–H and O–H groups in total. The van der Waals surface area contributed by atoms with E-state index in [0.717, 1.165) is 5.82 Å². The summed E-state index contributed by atoms with van der Waals surface area (Å²) in [5.74, 6) is 0.976. The minimum Gasteiger partial charge on any atom is -0.349 e. The van der Waals surface area contributed by atoms with Crippen LogP contribution in [0.2, 0.25) is 0 Å². The third kappa shape index (κ3) is 3.64. The van der Waals surface area contributed by atoms with Gasteiger partial charge in [0.2, 0.25) is 5.82 Å². The van der Waals surface area contributed by atoms with Crippen LogP contribution in [0.1, 0.15) is 57.0 Å². The van der Waals surface area contributed by atoms with Crippen LogP contribution >= 0.6 is 0 Å². The third-order valence-electron chi connectivity index (χ3n) is 2.03. The molecule has 1 heterocycles. The fourth-order valence-corrected chi connectivity index (χ4v) is 1.06. The predicted octanol–water partition coefficient (Wildman–Crippen LogP) is 1.70. The molecule has 0 bridgehead atoms. The average Bonchev–Trinajstić information content (AvgIpc) is 2.61. The van der Waals surface area contributed by atoms with E-state index in [-0.39, 0.29) is 23.1 Å². The van der Waals surface area contributed by atoms with Gasteiger partial charge in [0.25, 0.3) is 5.91 Å². The summed E-state index contributed by atoms with van der Waals surface area (Å²) in [5.41, 5.74) is 0.0623. The molecule has 0 radical (unpaired) electrons. The van der Waals surface area contributed by atoms with Crippen molar-refractivity contribution in [1.82, 2.24) is 20.5 Å². The van der Waals surface area contributed by atoms with Gasteiger partial charge in [-0.1, -0.05) is 34.6 Å². The summed E-state index contributed by atoms with van der Waals surface area (Å²) in [4.78, 5) is 15.8. The summed E-state index contributed by atoms with van der Waals surface area (Å²) in [7, 11) is 0. The van der Waals surface area contributed by atoms with E-state index in [1.54, 1.807) is 0 Å². The predicted molar refractivity (Wildman–Crippen MR) is 62.3 cm³/mol. The third-order valence-corrected chi connectivity index (χ3v) is 2.03. The highest BCUT2D eigenvalue weighted by molar-refractivity contribution is 5.90. The number of carbonyl (C=O) groups is 1. The first kappa shape index (κ1) is 12.7. The Labute approximate surface area is 96.0 Å². The molecule has 0 aliphatic heterocycles. The van der Waals surface area contributed by atoms with Crippen LogP contribution in [-0.2, 0) is 0 Å². The first-order valence-electron chi connectivity index (χ1n) is 5.50. The highest BCUT2D eigenvalue weighted by Gasteiger charge is 2.16. The lowest BCUT2D eigenvalue weighted by Gasteiger charge is -2.17. The Morgan fingerprint density at radius 2 is 2.06 bits per heavy atom. The Morgan fingerprint density at radius 1 is 1.44 bits per heavy atom. The second kappa shape index (κ2) is 4.63. The molecule has 90 valence electrons. The van der Waals surface area contributed by atoms with E-state index >= 15 is 0 Å². The zero-order valence-corrected chi connectivity index (χ0v) is 10.6. The number of aromatic amines is 1. The lowest BCUT2D eigenvalue weighted by atomic mass is 9.97. The summed E-state index contributed by atoms with van der Waals surface area (Å²) in [5, 5.41) is 9.46. The minimum absolute atomic E-state index is 0.0623. The average molecular weight is 224 g/mol. The number of amides is 1. The molecule has 1 aromatic heterocycles. The Bertz CT molecular complexity index is 362. The molecule has 0 saturated heterocycles. The fraction of sp³-hybridized carbons (Fsp3) is 0.727. The highest BCUT2D eigenvalue weighted by Crippen LogP contribution is 2.11. The van der Waals surface area contributed by atoms with E-state index in [1.165, 1.54) is 0 Å². The molecule has 0 aliphatic carbocycles. The van der Waals surface area contributed by atoms with E-state index in [2.05, 4.69) is 41.3 Å². The maximum atomic E-state index is 11.7. The molecular weight excluding hydrogens is 204 g/mol. The molecule has 1 aromatic rings. The molecule has 0 aliphatic rings. The molecule has 16 heavy (non-hydrogen) atoms. The normalized spacial score (nSPS) is 11.9. The van der Waals surface area contributed by atoms with Gasteiger partial charge in [-0.3, -0.25) is 9.89 Å². The van der Waals surface area contributed by atoms with E-state index in [4.69, 9.17) is 0 Å². The fourth-order valence-electron chi connectivity index (χ4n) is 1.06. The van der Waals surface area contributed by atoms with E-state index in [1.807, 2.05) is 13.8 Å². The van der Waals surface area contributed by atoms with Crippen LogP contribution in [0, 0.1) is 5.41 Å². The maximum absolute atomic E-state index is 11.7. The summed E-state index contributed by atoms with van der Waals surface area (Å²) < 4.78 is 0. The molecule has 5 heteroatoms. The SMILES string of the molecule is CC(C)c1nc(C(=O)NCC(C)(C)C)n[nH]1. The maximum Gasteiger partial charge on any atom is 0.290 e. The Hall–Kier alpha value is -1.39. The second-order valence-corrected chi connectivity index (χ2v) is 5.44. The first-order chi connectivity index (χ1) is 7.29. The number of nitrogens with one attached hydrogen (secondary N) is 2. The largest absolute Gasteiger partial charge is 0.349 e. The number of hydrogen-bond acceptors (Lipinski definition) is 3. The van der Waals surface area contributed by atoms with Crippen molar-refractivity contribution in [2.45, 2.75) is 40.5 Å². The van der Waals surface area contributed by atoms with Crippen LogP contribution in [0.25, 0.3) is 0 Å². The van der Waals surface area contributed by atoms with Crippen LogP contribution in [0.15, 0.2) is 0 Å². The summed E-state index contributed by atoms with van der Waals surface area (Å²) in [6.45, 7) is 10.8. The number of nitrogens with zero attached hydrogens (tertiary/aromatic N) is 2. The van der Waals surface area contributed by atoms with Crippen molar-refractivity contribution in [3.8, 4) is 0 Å².